The number of hydrogen-bond donors (Lipinski definition) is 1. The first-order valence-electron chi connectivity index (χ1n) is 13.6. The summed E-state index contributed by atoms with van der Waals surface area (Å²) in [5, 5.41) is 3.59. The maximum absolute atomic E-state index is 12.5. The molecule has 1 saturated heterocycles. The predicted molar refractivity (Wildman–Crippen MR) is 159 cm³/mol. The number of aryl methyl sites for hydroxylation is 1. The molecule has 1 amide bonds. The lowest BCUT2D eigenvalue weighted by atomic mass is 10.2. The number of rotatable bonds is 11. The Morgan fingerprint density at radius 3 is 2.67 bits per heavy atom. The van der Waals surface area contributed by atoms with Crippen LogP contribution in [-0.4, -0.2) is 58.5 Å². The largest absolute Gasteiger partial charge is 0.455 e. The third-order valence-corrected chi connectivity index (χ3v) is 7.55. The van der Waals surface area contributed by atoms with E-state index in [1.165, 1.54) is 17.3 Å². The van der Waals surface area contributed by atoms with Gasteiger partial charge in [-0.25, -0.2) is 9.97 Å². The van der Waals surface area contributed by atoms with Crippen molar-refractivity contribution in [3.05, 3.63) is 107 Å². The number of nitrogens with one attached hydrogen (secondary N) is 1. The first-order valence-corrected chi connectivity index (χ1v) is 14.6. The third-order valence-electron chi connectivity index (χ3n) is 6.68. The number of thioether (sulfide) groups is 1. The van der Waals surface area contributed by atoms with Crippen LogP contribution in [0.2, 0.25) is 0 Å². The van der Waals surface area contributed by atoms with Crippen LogP contribution in [0.15, 0.2) is 88.7 Å². The third kappa shape index (κ3) is 7.80. The summed E-state index contributed by atoms with van der Waals surface area (Å²) in [4.78, 5) is 31.0. The highest BCUT2D eigenvalue weighted by atomic mass is 32.2. The van der Waals surface area contributed by atoms with Crippen molar-refractivity contribution >= 4 is 29.6 Å². The average molecular weight is 555 g/mol. The van der Waals surface area contributed by atoms with E-state index in [0.29, 0.717) is 23.8 Å². The van der Waals surface area contributed by atoms with Crippen LogP contribution in [0.25, 0.3) is 6.08 Å². The van der Waals surface area contributed by atoms with Gasteiger partial charge in [0.15, 0.2) is 10.9 Å². The first-order chi connectivity index (χ1) is 19.7. The molecule has 1 aliphatic rings. The van der Waals surface area contributed by atoms with E-state index in [1.807, 2.05) is 24.3 Å². The number of furan rings is 1. The van der Waals surface area contributed by atoms with Gasteiger partial charge in [-0.3, -0.25) is 14.7 Å². The van der Waals surface area contributed by atoms with Crippen molar-refractivity contribution in [1.82, 2.24) is 25.2 Å². The molecular formula is C31H34N6O2S. The van der Waals surface area contributed by atoms with Gasteiger partial charge >= 0.3 is 0 Å². The fourth-order valence-electron chi connectivity index (χ4n) is 4.41. The minimum absolute atomic E-state index is 0.249. The number of benzene rings is 1. The Morgan fingerprint density at radius 2 is 1.90 bits per heavy atom. The van der Waals surface area contributed by atoms with E-state index in [2.05, 4.69) is 69.5 Å². The lowest BCUT2D eigenvalue weighted by molar-refractivity contribution is 0.0921. The van der Waals surface area contributed by atoms with E-state index >= 15 is 0 Å². The van der Waals surface area contributed by atoms with Crippen molar-refractivity contribution in [3.63, 3.8) is 0 Å². The van der Waals surface area contributed by atoms with E-state index in [-0.39, 0.29) is 5.91 Å². The molecule has 0 atom stereocenters. The summed E-state index contributed by atoms with van der Waals surface area (Å²) in [6.07, 6.45) is 8.70. The number of nitrogens with zero attached hydrogens (tertiary/aromatic N) is 5. The Kier molecular flexibility index (Phi) is 9.60. The van der Waals surface area contributed by atoms with Gasteiger partial charge in [-0.1, -0.05) is 67.2 Å². The molecule has 0 saturated carbocycles. The van der Waals surface area contributed by atoms with Crippen LogP contribution in [0.3, 0.4) is 0 Å². The topological polar surface area (TPSA) is 87.4 Å². The minimum atomic E-state index is -0.249. The Morgan fingerprint density at radius 1 is 1.05 bits per heavy atom. The minimum Gasteiger partial charge on any atom is -0.455 e. The van der Waals surface area contributed by atoms with Crippen molar-refractivity contribution in [1.29, 1.82) is 0 Å². The summed E-state index contributed by atoms with van der Waals surface area (Å²) in [7, 11) is 0. The zero-order valence-electron chi connectivity index (χ0n) is 22.7. The number of carbonyl (C=O) groups is 1. The maximum Gasteiger partial charge on any atom is 0.287 e. The molecule has 0 spiro atoms. The smallest absolute Gasteiger partial charge is 0.287 e. The molecule has 5 rings (SSSR count). The summed E-state index contributed by atoms with van der Waals surface area (Å²) in [5.74, 6) is 2.27. The molecule has 4 aromatic rings. The summed E-state index contributed by atoms with van der Waals surface area (Å²) in [5.41, 5.74) is 3.19. The predicted octanol–water partition coefficient (Wildman–Crippen LogP) is 5.08. The molecule has 0 aliphatic carbocycles. The molecule has 4 heterocycles. The molecule has 1 aliphatic heterocycles. The van der Waals surface area contributed by atoms with E-state index < -0.39 is 0 Å². The highest BCUT2D eigenvalue weighted by Crippen LogP contribution is 2.25. The second-order valence-corrected chi connectivity index (χ2v) is 10.5. The van der Waals surface area contributed by atoms with Gasteiger partial charge in [-0.15, -0.1) is 0 Å². The van der Waals surface area contributed by atoms with Gasteiger partial charge in [-0.05, 0) is 35.7 Å². The zero-order chi connectivity index (χ0) is 27.6. The molecule has 0 unspecified atom stereocenters. The van der Waals surface area contributed by atoms with Crippen LogP contribution in [0.1, 0.15) is 40.1 Å². The van der Waals surface area contributed by atoms with Crippen LogP contribution in [-0.2, 0) is 18.7 Å². The summed E-state index contributed by atoms with van der Waals surface area (Å²) < 4.78 is 5.81. The number of hydrogen-bond acceptors (Lipinski definition) is 8. The standard InChI is InChI=1S/C31H34N6O2S/c1-2-26-20-29(37-18-16-36(17-19-37)15-7-11-24-8-4-3-5-9-24)35-31(34-26)40-23-27-12-13-28(39-27)30(38)33-22-25-10-6-14-32-21-25/h3-14,20-21H,2,15-19,22-23H2,1H3,(H,33,38)/b11-7+. The van der Waals surface area contributed by atoms with Crippen LogP contribution in [0.4, 0.5) is 5.82 Å². The van der Waals surface area contributed by atoms with Gasteiger partial charge in [0.25, 0.3) is 5.91 Å². The van der Waals surface area contributed by atoms with Gasteiger partial charge < -0.3 is 14.6 Å². The molecular weight excluding hydrogens is 520 g/mol. The van der Waals surface area contributed by atoms with Crippen molar-refractivity contribution in [3.8, 4) is 0 Å². The molecule has 40 heavy (non-hydrogen) atoms. The quantitative estimate of drug-likeness (QED) is 0.203. The van der Waals surface area contributed by atoms with Crippen molar-refractivity contribution < 1.29 is 9.21 Å². The van der Waals surface area contributed by atoms with E-state index in [0.717, 1.165) is 61.4 Å². The molecule has 0 radical (unpaired) electrons. The fraction of sp³-hybridized carbons (Fsp3) is 0.290. The molecule has 206 valence electrons. The molecule has 0 bridgehead atoms. The van der Waals surface area contributed by atoms with Crippen LogP contribution in [0, 0.1) is 0 Å². The van der Waals surface area contributed by atoms with Crippen molar-refractivity contribution in [2.24, 2.45) is 0 Å². The van der Waals surface area contributed by atoms with E-state index in [1.54, 1.807) is 18.5 Å². The number of pyridine rings is 1. The fourth-order valence-corrected chi connectivity index (χ4v) is 5.18. The molecule has 8 nitrogen and oxygen atoms in total. The van der Waals surface area contributed by atoms with Crippen LogP contribution in [0.5, 0.6) is 0 Å². The van der Waals surface area contributed by atoms with Crippen LogP contribution < -0.4 is 10.2 Å². The van der Waals surface area contributed by atoms with E-state index in [4.69, 9.17) is 14.4 Å². The first kappa shape index (κ1) is 27.6. The average Bonchev–Trinajstić information content (AvgIpc) is 3.49. The highest BCUT2D eigenvalue weighted by molar-refractivity contribution is 7.98. The van der Waals surface area contributed by atoms with Gasteiger partial charge in [0.2, 0.25) is 0 Å². The highest BCUT2D eigenvalue weighted by Gasteiger charge is 2.19. The number of piperazine rings is 1. The zero-order valence-corrected chi connectivity index (χ0v) is 23.5. The normalized spacial score (nSPS) is 14.1. The SMILES string of the molecule is CCc1cc(N2CCN(C/C=C/c3ccccc3)CC2)nc(SCc2ccc(C(=O)NCc3cccnc3)o2)n1. The number of amides is 1. The lowest BCUT2D eigenvalue weighted by Crippen LogP contribution is -2.46. The van der Waals surface area contributed by atoms with E-state index in [9.17, 15) is 4.79 Å². The monoisotopic (exact) mass is 554 g/mol. The second kappa shape index (κ2) is 13.9. The maximum atomic E-state index is 12.5. The molecule has 1 aromatic carbocycles. The summed E-state index contributed by atoms with van der Waals surface area (Å²) >= 11 is 1.52. The Bertz CT molecular complexity index is 1400. The number of aromatic nitrogens is 3. The van der Waals surface area contributed by atoms with Gasteiger partial charge in [0.05, 0.1) is 5.75 Å². The van der Waals surface area contributed by atoms with Crippen molar-refractivity contribution in [2.75, 3.05) is 37.6 Å². The number of anilines is 1. The van der Waals surface area contributed by atoms with Crippen molar-refractivity contribution in [2.45, 2.75) is 30.8 Å². The summed E-state index contributed by atoms with van der Waals surface area (Å²) in [6.45, 7) is 7.30. The van der Waals surface area contributed by atoms with Gasteiger partial charge in [0.1, 0.15) is 11.6 Å². The van der Waals surface area contributed by atoms with Gasteiger partial charge in [0, 0.05) is 63.4 Å². The molecule has 1 N–H and O–H groups in total. The Hall–Kier alpha value is -3.95. The Balaban J connectivity index is 1.13. The Labute approximate surface area is 239 Å². The van der Waals surface area contributed by atoms with Crippen LogP contribution >= 0.6 is 11.8 Å². The second-order valence-electron chi connectivity index (χ2n) is 9.55. The molecule has 1 fully saturated rings. The number of carbonyl (C=O) groups excluding carboxylic acids is 1. The van der Waals surface area contributed by atoms with Gasteiger partial charge in [-0.2, -0.15) is 0 Å². The molecule has 3 aromatic heterocycles. The lowest BCUT2D eigenvalue weighted by Gasteiger charge is -2.35. The summed E-state index contributed by atoms with van der Waals surface area (Å²) in [6, 6.07) is 19.8. The molecule has 9 heteroatoms.